The molecule has 34 heavy (non-hydrogen) atoms. The van der Waals surface area contributed by atoms with Gasteiger partial charge in [0.2, 0.25) is 13.6 Å². The minimum atomic E-state index is -0.944. The van der Waals surface area contributed by atoms with E-state index in [0.29, 0.717) is 24.5 Å². The van der Waals surface area contributed by atoms with E-state index >= 15 is 0 Å². The number of amides is 2. The molecular formula is C24H36N2O8. The van der Waals surface area contributed by atoms with Crippen LogP contribution in [0.25, 0.3) is 0 Å². The lowest BCUT2D eigenvalue weighted by molar-refractivity contribution is -0.156. The SMILES string of the molecule is CCN(C(=O)OCOC(=O)[C@H](NC(=O)OC(C)(C)C)C(C)C)[C@@H](C)Cc1ccc2c(c1)OCO2. The lowest BCUT2D eigenvalue weighted by atomic mass is 10.1. The van der Waals surface area contributed by atoms with Crippen LogP contribution in [-0.4, -0.2) is 60.9 Å². The number of rotatable bonds is 9. The zero-order valence-electron chi connectivity index (χ0n) is 21.0. The Morgan fingerprint density at radius 1 is 1.09 bits per heavy atom. The summed E-state index contributed by atoms with van der Waals surface area (Å²) in [5.41, 5.74) is 0.286. The normalized spacial score (nSPS) is 14.2. The maximum absolute atomic E-state index is 12.6. The lowest BCUT2D eigenvalue weighted by Crippen LogP contribution is -2.47. The molecule has 10 nitrogen and oxygen atoms in total. The summed E-state index contributed by atoms with van der Waals surface area (Å²) in [6, 6.07) is 4.54. The summed E-state index contributed by atoms with van der Waals surface area (Å²) in [4.78, 5) is 38.6. The van der Waals surface area contributed by atoms with Crippen molar-refractivity contribution in [1.82, 2.24) is 10.2 Å². The number of carbonyl (C=O) groups is 3. The van der Waals surface area contributed by atoms with Crippen molar-refractivity contribution in [2.45, 2.75) is 72.6 Å². The van der Waals surface area contributed by atoms with Crippen LogP contribution < -0.4 is 14.8 Å². The molecule has 0 saturated carbocycles. The van der Waals surface area contributed by atoms with Crippen molar-refractivity contribution in [2.75, 3.05) is 20.1 Å². The van der Waals surface area contributed by atoms with Crippen molar-refractivity contribution in [3.63, 3.8) is 0 Å². The van der Waals surface area contributed by atoms with Crippen LogP contribution in [0.5, 0.6) is 11.5 Å². The highest BCUT2D eigenvalue weighted by molar-refractivity contribution is 5.81. The van der Waals surface area contributed by atoms with Crippen LogP contribution in [0.1, 0.15) is 54.0 Å². The number of likely N-dealkylation sites (N-methyl/N-ethyl adjacent to an activating group) is 1. The lowest BCUT2D eigenvalue weighted by Gasteiger charge is -2.27. The van der Waals surface area contributed by atoms with Crippen molar-refractivity contribution >= 4 is 18.2 Å². The van der Waals surface area contributed by atoms with Crippen molar-refractivity contribution in [3.8, 4) is 11.5 Å². The molecule has 0 aliphatic carbocycles. The third-order valence-corrected chi connectivity index (χ3v) is 5.05. The zero-order chi connectivity index (χ0) is 25.5. The first-order valence-corrected chi connectivity index (χ1v) is 11.4. The predicted octanol–water partition coefficient (Wildman–Crippen LogP) is 3.85. The van der Waals surface area contributed by atoms with Crippen LogP contribution in [0.15, 0.2) is 18.2 Å². The molecule has 0 aromatic heterocycles. The molecule has 1 aliphatic heterocycles. The van der Waals surface area contributed by atoms with Gasteiger partial charge in [0.15, 0.2) is 11.5 Å². The molecule has 2 atom stereocenters. The van der Waals surface area contributed by atoms with E-state index in [4.69, 9.17) is 23.7 Å². The number of nitrogens with zero attached hydrogens (tertiary/aromatic N) is 1. The van der Waals surface area contributed by atoms with E-state index < -0.39 is 36.6 Å². The number of hydrogen-bond donors (Lipinski definition) is 1. The molecule has 0 bridgehead atoms. The maximum Gasteiger partial charge on any atom is 0.412 e. The number of alkyl carbamates (subject to hydrolysis) is 1. The summed E-state index contributed by atoms with van der Waals surface area (Å²) in [6.07, 6.45) is -0.756. The van der Waals surface area contributed by atoms with E-state index in [1.54, 1.807) is 34.6 Å². The topological polar surface area (TPSA) is 113 Å². The van der Waals surface area contributed by atoms with E-state index in [1.807, 2.05) is 32.0 Å². The predicted molar refractivity (Wildman–Crippen MR) is 124 cm³/mol. The first kappa shape index (κ1) is 27.1. The molecule has 190 valence electrons. The molecule has 0 spiro atoms. The summed E-state index contributed by atoms with van der Waals surface area (Å²) in [7, 11) is 0. The van der Waals surface area contributed by atoms with Gasteiger partial charge in [0.1, 0.15) is 11.6 Å². The quantitative estimate of drug-likeness (QED) is 0.419. The first-order valence-electron chi connectivity index (χ1n) is 11.4. The molecule has 1 aromatic rings. The molecule has 1 aromatic carbocycles. The molecule has 10 heteroatoms. The van der Waals surface area contributed by atoms with Crippen LogP contribution in [0.2, 0.25) is 0 Å². The number of carbonyl (C=O) groups excluding carboxylic acids is 3. The van der Waals surface area contributed by atoms with E-state index in [0.717, 1.165) is 5.56 Å². The van der Waals surface area contributed by atoms with Gasteiger partial charge in [-0.1, -0.05) is 19.9 Å². The number of nitrogens with one attached hydrogen (secondary N) is 1. The van der Waals surface area contributed by atoms with Gasteiger partial charge in [-0.15, -0.1) is 0 Å². The van der Waals surface area contributed by atoms with Crippen molar-refractivity contribution < 1.29 is 38.1 Å². The number of fused-ring (bicyclic) bond motifs is 1. The maximum atomic E-state index is 12.6. The van der Waals surface area contributed by atoms with Gasteiger partial charge in [-0.2, -0.15) is 0 Å². The van der Waals surface area contributed by atoms with E-state index in [2.05, 4.69) is 5.32 Å². The van der Waals surface area contributed by atoms with Crippen molar-refractivity contribution in [2.24, 2.45) is 5.92 Å². The standard InChI is InChI=1S/C24H36N2O8/c1-8-26(16(4)11-17-9-10-18-19(12-17)31-13-30-18)23(29)33-14-32-21(27)20(15(2)3)25-22(28)34-24(5,6)7/h9-10,12,15-16,20H,8,11,13-14H2,1-7H3,(H,25,28)/t16-,20+/m0/s1. The smallest absolute Gasteiger partial charge is 0.412 e. The minimum Gasteiger partial charge on any atom is -0.454 e. The molecule has 1 aliphatic rings. The van der Waals surface area contributed by atoms with Gasteiger partial charge < -0.3 is 33.9 Å². The highest BCUT2D eigenvalue weighted by Gasteiger charge is 2.29. The Morgan fingerprint density at radius 2 is 1.76 bits per heavy atom. The van der Waals surface area contributed by atoms with Gasteiger partial charge in [0, 0.05) is 12.6 Å². The van der Waals surface area contributed by atoms with E-state index in [9.17, 15) is 14.4 Å². The van der Waals surface area contributed by atoms with Crippen LogP contribution in [0.3, 0.4) is 0 Å². The Morgan fingerprint density at radius 3 is 2.38 bits per heavy atom. The Bertz CT molecular complexity index is 865. The number of benzene rings is 1. The third-order valence-electron chi connectivity index (χ3n) is 5.05. The monoisotopic (exact) mass is 480 g/mol. The van der Waals surface area contributed by atoms with Crippen LogP contribution >= 0.6 is 0 Å². The van der Waals surface area contributed by atoms with Gasteiger partial charge in [0.05, 0.1) is 0 Å². The average molecular weight is 481 g/mol. The fraction of sp³-hybridized carbons (Fsp3) is 0.625. The molecule has 2 amide bonds. The second kappa shape index (κ2) is 11.8. The van der Waals surface area contributed by atoms with Crippen molar-refractivity contribution in [1.29, 1.82) is 0 Å². The Labute approximate surface area is 200 Å². The van der Waals surface area contributed by atoms with Gasteiger partial charge in [-0.05, 0) is 64.7 Å². The minimum absolute atomic E-state index is 0.175. The van der Waals surface area contributed by atoms with Gasteiger partial charge in [-0.25, -0.2) is 14.4 Å². The zero-order valence-corrected chi connectivity index (χ0v) is 21.0. The highest BCUT2D eigenvalue weighted by atomic mass is 16.7. The Hall–Kier alpha value is -3.17. The molecule has 0 fully saturated rings. The average Bonchev–Trinajstić information content (AvgIpc) is 3.18. The Kier molecular flexibility index (Phi) is 9.40. The fourth-order valence-corrected chi connectivity index (χ4v) is 3.38. The molecular weight excluding hydrogens is 444 g/mol. The molecule has 1 N–H and O–H groups in total. The fourth-order valence-electron chi connectivity index (χ4n) is 3.38. The van der Waals surface area contributed by atoms with Gasteiger partial charge in [-0.3, -0.25) is 0 Å². The van der Waals surface area contributed by atoms with E-state index in [-0.39, 0.29) is 18.8 Å². The second-order valence-corrected chi connectivity index (χ2v) is 9.39. The number of esters is 1. The first-order chi connectivity index (χ1) is 15.9. The molecule has 1 heterocycles. The highest BCUT2D eigenvalue weighted by Crippen LogP contribution is 2.33. The molecule has 0 radical (unpaired) electrons. The summed E-state index contributed by atoms with van der Waals surface area (Å²) >= 11 is 0. The van der Waals surface area contributed by atoms with Crippen LogP contribution in [-0.2, 0) is 25.4 Å². The largest absolute Gasteiger partial charge is 0.454 e. The molecule has 0 saturated heterocycles. The second-order valence-electron chi connectivity index (χ2n) is 9.39. The van der Waals surface area contributed by atoms with Gasteiger partial charge >= 0.3 is 18.2 Å². The summed E-state index contributed by atoms with van der Waals surface area (Å²) in [5.74, 6) is 0.405. The van der Waals surface area contributed by atoms with Gasteiger partial charge in [0.25, 0.3) is 0 Å². The Balaban J connectivity index is 1.85. The summed E-state index contributed by atoms with van der Waals surface area (Å²) in [6.45, 7) is 12.5. The van der Waals surface area contributed by atoms with Crippen LogP contribution in [0, 0.1) is 5.92 Å². The molecule has 2 rings (SSSR count). The molecule has 0 unspecified atom stereocenters. The number of hydrogen-bond acceptors (Lipinski definition) is 8. The summed E-state index contributed by atoms with van der Waals surface area (Å²) in [5, 5.41) is 2.50. The number of ether oxygens (including phenoxy) is 5. The van der Waals surface area contributed by atoms with E-state index in [1.165, 1.54) is 4.90 Å². The summed E-state index contributed by atoms with van der Waals surface area (Å²) < 4.78 is 26.2. The van der Waals surface area contributed by atoms with Crippen LogP contribution in [0.4, 0.5) is 9.59 Å². The third kappa shape index (κ3) is 8.00. The van der Waals surface area contributed by atoms with Crippen molar-refractivity contribution in [3.05, 3.63) is 23.8 Å².